The Balaban J connectivity index is 0.00000363. The monoisotopic (exact) mass is 550 g/mol. The van der Waals surface area contributed by atoms with Crippen LogP contribution in [0.1, 0.15) is 38.3 Å². The minimum absolute atomic E-state index is 0. The van der Waals surface area contributed by atoms with Gasteiger partial charge in [0.2, 0.25) is 5.89 Å². The van der Waals surface area contributed by atoms with Crippen LogP contribution in [0.2, 0.25) is 0 Å². The lowest BCUT2D eigenvalue weighted by Gasteiger charge is -2.16. The van der Waals surface area contributed by atoms with Gasteiger partial charge in [-0.3, -0.25) is 0 Å². The smallest absolute Gasteiger partial charge is 0.216 e. The van der Waals surface area contributed by atoms with Crippen molar-refractivity contribution in [3.8, 4) is 17.1 Å². The molecule has 3 rings (SSSR count). The van der Waals surface area contributed by atoms with Crippen molar-refractivity contribution in [2.75, 3.05) is 13.1 Å². The van der Waals surface area contributed by atoms with Gasteiger partial charge in [0.05, 0.1) is 18.4 Å². The van der Waals surface area contributed by atoms with Gasteiger partial charge in [-0.1, -0.05) is 42.5 Å². The van der Waals surface area contributed by atoms with Gasteiger partial charge in [-0.15, -0.1) is 24.0 Å². The molecule has 0 amide bonds. The fourth-order valence-corrected chi connectivity index (χ4v) is 2.96. The third kappa shape index (κ3) is 7.83. The Hall–Kier alpha value is -2.59. The lowest BCUT2D eigenvalue weighted by Crippen LogP contribution is -2.39. The second-order valence-corrected chi connectivity index (χ2v) is 7.31. The predicted octanol–water partition coefficient (Wildman–Crippen LogP) is 4.54. The summed E-state index contributed by atoms with van der Waals surface area (Å²) >= 11 is 0. The van der Waals surface area contributed by atoms with Crippen LogP contribution in [0.4, 0.5) is 0 Å². The molecule has 1 heterocycles. The molecule has 0 saturated carbocycles. The van der Waals surface area contributed by atoms with Gasteiger partial charge >= 0.3 is 0 Å². The van der Waals surface area contributed by atoms with Gasteiger partial charge in [-0.2, -0.15) is 0 Å². The van der Waals surface area contributed by atoms with Crippen LogP contribution >= 0.6 is 24.0 Å². The molecule has 3 aromatic rings. The number of aliphatic hydroxyl groups excluding tert-OH is 1. The highest BCUT2D eigenvalue weighted by atomic mass is 127. The van der Waals surface area contributed by atoms with Crippen molar-refractivity contribution >= 4 is 29.9 Å². The predicted molar refractivity (Wildman–Crippen MR) is 137 cm³/mol. The first kappa shape index (κ1) is 25.7. The molecule has 7 nitrogen and oxygen atoms in total. The number of aliphatic hydroxyl groups is 1. The fourth-order valence-electron chi connectivity index (χ4n) is 2.96. The molecule has 0 aliphatic heterocycles. The summed E-state index contributed by atoms with van der Waals surface area (Å²) in [5.74, 6) is 2.61. The zero-order chi connectivity index (χ0) is 22.1. The number of oxazole rings is 1. The first-order valence-electron chi connectivity index (χ1n) is 10.5. The van der Waals surface area contributed by atoms with E-state index in [-0.39, 0.29) is 30.1 Å². The topological polar surface area (TPSA) is 91.9 Å². The molecule has 1 aromatic heterocycles. The van der Waals surface area contributed by atoms with Gasteiger partial charge in [0, 0.05) is 18.7 Å². The van der Waals surface area contributed by atoms with Crippen molar-refractivity contribution in [1.82, 2.24) is 15.6 Å². The number of hydrogen-bond acceptors (Lipinski definition) is 5. The van der Waals surface area contributed by atoms with Crippen LogP contribution in [0, 0.1) is 0 Å². The van der Waals surface area contributed by atoms with Gasteiger partial charge < -0.3 is 24.9 Å². The van der Waals surface area contributed by atoms with Crippen LogP contribution in [0.15, 0.2) is 70.2 Å². The molecule has 0 aliphatic carbocycles. The van der Waals surface area contributed by atoms with Crippen molar-refractivity contribution in [2.24, 2.45) is 4.99 Å². The number of guanidine groups is 1. The molecule has 0 spiro atoms. The fraction of sp³-hybridized carbons (Fsp3) is 0.333. The van der Waals surface area contributed by atoms with Crippen LogP contribution in [0.25, 0.3) is 11.3 Å². The summed E-state index contributed by atoms with van der Waals surface area (Å²) in [6.07, 6.45) is 1.14. The second-order valence-electron chi connectivity index (χ2n) is 7.31. The van der Waals surface area contributed by atoms with Crippen molar-refractivity contribution < 1.29 is 14.3 Å². The second kappa shape index (κ2) is 13.1. The number of nitrogens with one attached hydrogen (secondary N) is 2. The first-order valence-corrected chi connectivity index (χ1v) is 10.5. The van der Waals surface area contributed by atoms with E-state index in [0.29, 0.717) is 37.2 Å². The number of nitrogens with zero attached hydrogens (tertiary/aromatic N) is 2. The summed E-state index contributed by atoms with van der Waals surface area (Å²) in [7, 11) is 0. The molecule has 2 aromatic carbocycles. The molecule has 0 aliphatic rings. The van der Waals surface area contributed by atoms with E-state index in [1.54, 1.807) is 6.20 Å². The summed E-state index contributed by atoms with van der Waals surface area (Å²) in [5.41, 5.74) is 1.78. The first-order chi connectivity index (χ1) is 15.0. The zero-order valence-corrected chi connectivity index (χ0v) is 20.9. The largest absolute Gasteiger partial charge is 0.491 e. The Bertz CT molecular complexity index is 959. The van der Waals surface area contributed by atoms with Gasteiger partial charge in [-0.25, -0.2) is 9.98 Å². The molecule has 1 unspecified atom stereocenters. The van der Waals surface area contributed by atoms with E-state index in [1.807, 2.05) is 75.4 Å². The maximum absolute atomic E-state index is 10.5. The number of halogens is 1. The number of ether oxygens (including phenoxy) is 1. The van der Waals surface area contributed by atoms with E-state index in [9.17, 15) is 5.11 Å². The Morgan fingerprint density at radius 2 is 1.81 bits per heavy atom. The van der Waals surface area contributed by atoms with E-state index < -0.39 is 6.10 Å². The molecule has 0 fully saturated rings. The lowest BCUT2D eigenvalue weighted by atomic mass is 10.1. The maximum Gasteiger partial charge on any atom is 0.216 e. The molecule has 0 bridgehead atoms. The third-order valence-electron chi connectivity index (χ3n) is 4.43. The number of benzene rings is 2. The van der Waals surface area contributed by atoms with Crippen molar-refractivity contribution in [3.05, 3.63) is 72.2 Å². The van der Waals surface area contributed by atoms with E-state index >= 15 is 0 Å². The van der Waals surface area contributed by atoms with E-state index in [2.05, 4.69) is 20.6 Å². The summed E-state index contributed by atoms with van der Waals surface area (Å²) < 4.78 is 11.4. The standard InChI is InChI=1S/C24H30N4O3.HI/c1-4-25-24(27-14-21(29)18-10-12-20(13-11-18)30-17(2)3)28-16-23-26-15-22(31-23)19-8-6-5-7-9-19;/h5-13,15,17,21,29H,4,14,16H2,1-3H3,(H2,25,27,28);1H. The van der Waals surface area contributed by atoms with Crippen LogP contribution in [-0.4, -0.2) is 35.2 Å². The number of aromatic nitrogens is 1. The van der Waals surface area contributed by atoms with Gasteiger partial charge in [0.25, 0.3) is 0 Å². The summed E-state index contributed by atoms with van der Waals surface area (Å²) in [6.45, 7) is 7.25. The van der Waals surface area contributed by atoms with Crippen molar-refractivity contribution in [1.29, 1.82) is 0 Å². The Morgan fingerprint density at radius 1 is 1.09 bits per heavy atom. The highest BCUT2D eigenvalue weighted by Gasteiger charge is 2.10. The highest BCUT2D eigenvalue weighted by molar-refractivity contribution is 14.0. The zero-order valence-electron chi connectivity index (χ0n) is 18.6. The van der Waals surface area contributed by atoms with Gasteiger partial charge in [-0.05, 0) is 38.5 Å². The number of rotatable bonds is 9. The SMILES string of the molecule is CCNC(=NCc1ncc(-c2ccccc2)o1)NCC(O)c1ccc(OC(C)C)cc1.I. The molecule has 3 N–H and O–H groups in total. The molecule has 8 heteroatoms. The van der Waals surface area contributed by atoms with Crippen LogP contribution in [-0.2, 0) is 6.54 Å². The minimum atomic E-state index is -0.677. The number of aliphatic imine (C=N–C) groups is 1. The van der Waals surface area contributed by atoms with E-state index in [1.165, 1.54) is 0 Å². The average Bonchev–Trinajstić information content (AvgIpc) is 3.25. The Labute approximate surface area is 206 Å². The summed E-state index contributed by atoms with van der Waals surface area (Å²) in [4.78, 5) is 8.82. The van der Waals surface area contributed by atoms with Crippen LogP contribution < -0.4 is 15.4 Å². The highest BCUT2D eigenvalue weighted by Crippen LogP contribution is 2.20. The van der Waals surface area contributed by atoms with Crippen molar-refractivity contribution in [3.63, 3.8) is 0 Å². The molecule has 1 atom stereocenters. The molecular formula is C24H31IN4O3. The summed E-state index contributed by atoms with van der Waals surface area (Å²) in [5, 5.41) is 16.8. The normalized spacial score (nSPS) is 12.2. The third-order valence-corrected chi connectivity index (χ3v) is 4.43. The van der Waals surface area contributed by atoms with E-state index in [0.717, 1.165) is 16.9 Å². The summed E-state index contributed by atoms with van der Waals surface area (Å²) in [6, 6.07) is 17.3. The van der Waals surface area contributed by atoms with Gasteiger partial charge in [0.1, 0.15) is 12.3 Å². The van der Waals surface area contributed by atoms with Crippen LogP contribution in [0.5, 0.6) is 5.75 Å². The quantitative estimate of drug-likeness (QED) is 0.206. The Kier molecular flexibility index (Phi) is 10.5. The molecular weight excluding hydrogens is 519 g/mol. The van der Waals surface area contributed by atoms with Crippen molar-refractivity contribution in [2.45, 2.75) is 39.5 Å². The lowest BCUT2D eigenvalue weighted by molar-refractivity contribution is 0.180. The van der Waals surface area contributed by atoms with Gasteiger partial charge in [0.15, 0.2) is 11.7 Å². The molecule has 32 heavy (non-hydrogen) atoms. The maximum atomic E-state index is 10.5. The average molecular weight is 550 g/mol. The number of hydrogen-bond donors (Lipinski definition) is 3. The van der Waals surface area contributed by atoms with E-state index in [4.69, 9.17) is 9.15 Å². The van der Waals surface area contributed by atoms with Crippen LogP contribution in [0.3, 0.4) is 0 Å². The Morgan fingerprint density at radius 3 is 2.47 bits per heavy atom. The molecule has 0 saturated heterocycles. The minimum Gasteiger partial charge on any atom is -0.491 e. The molecule has 172 valence electrons. The molecule has 0 radical (unpaired) electrons.